The summed E-state index contributed by atoms with van der Waals surface area (Å²) in [5, 5.41) is 0. The summed E-state index contributed by atoms with van der Waals surface area (Å²) in [6.07, 6.45) is 0.406. The van der Waals surface area contributed by atoms with E-state index >= 15 is 0 Å². The van der Waals surface area contributed by atoms with Crippen LogP contribution in [0.25, 0.3) is 0 Å². The summed E-state index contributed by atoms with van der Waals surface area (Å²) < 4.78 is 5.82. The van der Waals surface area contributed by atoms with Crippen LogP contribution in [0.1, 0.15) is 38.8 Å². The Balaban J connectivity index is 1.98. The van der Waals surface area contributed by atoms with Crippen LogP contribution in [0.5, 0.6) is 0 Å². The molecule has 20 heavy (non-hydrogen) atoms. The standard InChI is InChI=1S/C16H24N2O2/c1-12-10-18(11-16(2,3)20-12)15(19)9-14(17)13-7-5-4-6-8-13/h4-8,12,14H,9-11,17H2,1-3H3. The van der Waals surface area contributed by atoms with Gasteiger partial charge in [-0.1, -0.05) is 30.3 Å². The molecule has 1 heterocycles. The fourth-order valence-electron chi connectivity index (χ4n) is 2.78. The maximum Gasteiger partial charge on any atom is 0.224 e. The van der Waals surface area contributed by atoms with Gasteiger partial charge in [0.25, 0.3) is 0 Å². The topological polar surface area (TPSA) is 55.6 Å². The van der Waals surface area contributed by atoms with Crippen LogP contribution in [0.15, 0.2) is 30.3 Å². The number of benzene rings is 1. The monoisotopic (exact) mass is 276 g/mol. The van der Waals surface area contributed by atoms with Gasteiger partial charge in [-0.2, -0.15) is 0 Å². The second-order valence-corrected chi connectivity index (χ2v) is 6.18. The van der Waals surface area contributed by atoms with Gasteiger partial charge < -0.3 is 15.4 Å². The molecule has 1 aliphatic heterocycles. The Morgan fingerprint density at radius 1 is 1.45 bits per heavy atom. The summed E-state index contributed by atoms with van der Waals surface area (Å²) in [6, 6.07) is 9.52. The van der Waals surface area contributed by atoms with Gasteiger partial charge in [0.05, 0.1) is 11.7 Å². The van der Waals surface area contributed by atoms with Gasteiger partial charge in [0.2, 0.25) is 5.91 Å². The fraction of sp³-hybridized carbons (Fsp3) is 0.562. The third kappa shape index (κ3) is 3.81. The van der Waals surface area contributed by atoms with Crippen molar-refractivity contribution in [2.75, 3.05) is 13.1 Å². The Morgan fingerprint density at radius 2 is 2.10 bits per heavy atom. The van der Waals surface area contributed by atoms with Gasteiger partial charge in [-0.15, -0.1) is 0 Å². The number of nitrogens with zero attached hydrogens (tertiary/aromatic N) is 1. The first-order valence-electron chi connectivity index (χ1n) is 7.13. The minimum absolute atomic E-state index is 0.0654. The molecule has 0 bridgehead atoms. The summed E-state index contributed by atoms with van der Waals surface area (Å²) in [6.45, 7) is 7.29. The van der Waals surface area contributed by atoms with Crippen molar-refractivity contribution < 1.29 is 9.53 Å². The third-order valence-corrected chi connectivity index (χ3v) is 3.54. The molecule has 0 saturated carbocycles. The lowest BCUT2D eigenvalue weighted by molar-refractivity contribution is -0.158. The zero-order valence-electron chi connectivity index (χ0n) is 12.5. The number of morpholine rings is 1. The molecule has 0 radical (unpaired) electrons. The summed E-state index contributed by atoms with van der Waals surface area (Å²) in [4.78, 5) is 14.3. The van der Waals surface area contributed by atoms with Crippen LogP contribution >= 0.6 is 0 Å². The number of rotatable bonds is 3. The number of ether oxygens (including phenoxy) is 1. The van der Waals surface area contributed by atoms with Crippen molar-refractivity contribution in [3.63, 3.8) is 0 Å². The van der Waals surface area contributed by atoms with Gasteiger partial charge in [0, 0.05) is 25.6 Å². The molecule has 1 fully saturated rings. The molecule has 1 aliphatic rings. The van der Waals surface area contributed by atoms with E-state index in [-0.39, 0.29) is 23.7 Å². The molecule has 0 spiro atoms. The molecule has 0 aliphatic carbocycles. The molecule has 1 aromatic rings. The molecule has 2 atom stereocenters. The molecular weight excluding hydrogens is 252 g/mol. The number of carbonyl (C=O) groups excluding carboxylic acids is 1. The zero-order valence-corrected chi connectivity index (χ0v) is 12.5. The van der Waals surface area contributed by atoms with E-state index in [2.05, 4.69) is 0 Å². The molecule has 2 rings (SSSR count). The molecule has 110 valence electrons. The minimum atomic E-state index is -0.288. The second kappa shape index (κ2) is 5.94. The molecular formula is C16H24N2O2. The Bertz CT molecular complexity index is 459. The number of hydrogen-bond acceptors (Lipinski definition) is 3. The molecule has 1 saturated heterocycles. The Labute approximate surface area is 120 Å². The van der Waals surface area contributed by atoms with Crippen molar-refractivity contribution in [1.82, 2.24) is 4.90 Å². The summed E-state index contributed by atoms with van der Waals surface area (Å²) in [5.74, 6) is 0.101. The number of carbonyl (C=O) groups is 1. The fourth-order valence-corrected chi connectivity index (χ4v) is 2.78. The number of nitrogens with two attached hydrogens (primary N) is 1. The van der Waals surface area contributed by atoms with Crippen molar-refractivity contribution in [3.8, 4) is 0 Å². The number of hydrogen-bond donors (Lipinski definition) is 1. The number of amides is 1. The Morgan fingerprint density at radius 3 is 2.70 bits per heavy atom. The molecule has 0 aromatic heterocycles. The van der Waals surface area contributed by atoms with Crippen LogP contribution in [-0.2, 0) is 9.53 Å². The van der Waals surface area contributed by atoms with E-state index in [1.54, 1.807) is 0 Å². The van der Waals surface area contributed by atoms with Crippen molar-refractivity contribution in [2.45, 2.75) is 44.9 Å². The second-order valence-electron chi connectivity index (χ2n) is 6.18. The van der Waals surface area contributed by atoms with Crippen molar-refractivity contribution in [1.29, 1.82) is 0 Å². The van der Waals surface area contributed by atoms with Gasteiger partial charge in [0.1, 0.15) is 0 Å². The SMILES string of the molecule is CC1CN(C(=O)CC(N)c2ccccc2)CC(C)(C)O1. The first-order chi connectivity index (χ1) is 9.37. The minimum Gasteiger partial charge on any atom is -0.369 e. The van der Waals surface area contributed by atoms with Crippen molar-refractivity contribution >= 4 is 5.91 Å². The largest absolute Gasteiger partial charge is 0.369 e. The van der Waals surface area contributed by atoms with Crippen molar-refractivity contribution in [2.24, 2.45) is 5.73 Å². The third-order valence-electron chi connectivity index (χ3n) is 3.54. The lowest BCUT2D eigenvalue weighted by Gasteiger charge is -2.42. The van der Waals surface area contributed by atoms with E-state index in [4.69, 9.17) is 10.5 Å². The molecule has 2 N–H and O–H groups in total. The van der Waals surface area contributed by atoms with Crippen LogP contribution in [0.4, 0.5) is 0 Å². The van der Waals surface area contributed by atoms with E-state index in [1.807, 2.05) is 56.0 Å². The van der Waals surface area contributed by atoms with E-state index in [1.165, 1.54) is 0 Å². The Kier molecular flexibility index (Phi) is 4.45. The zero-order chi connectivity index (χ0) is 14.8. The van der Waals surface area contributed by atoms with Crippen LogP contribution in [0, 0.1) is 0 Å². The van der Waals surface area contributed by atoms with Gasteiger partial charge >= 0.3 is 0 Å². The highest BCUT2D eigenvalue weighted by Crippen LogP contribution is 2.23. The van der Waals surface area contributed by atoms with Gasteiger partial charge in [-0.25, -0.2) is 0 Å². The molecule has 4 heteroatoms. The molecule has 4 nitrogen and oxygen atoms in total. The Hall–Kier alpha value is -1.39. The highest BCUT2D eigenvalue weighted by Gasteiger charge is 2.33. The average molecular weight is 276 g/mol. The van der Waals surface area contributed by atoms with E-state index in [0.717, 1.165) is 5.56 Å². The van der Waals surface area contributed by atoms with Gasteiger partial charge in [-0.3, -0.25) is 4.79 Å². The maximum atomic E-state index is 12.4. The van der Waals surface area contributed by atoms with E-state index < -0.39 is 0 Å². The molecule has 2 unspecified atom stereocenters. The smallest absolute Gasteiger partial charge is 0.224 e. The maximum absolute atomic E-state index is 12.4. The average Bonchev–Trinajstić information content (AvgIpc) is 2.37. The summed E-state index contributed by atoms with van der Waals surface area (Å²) >= 11 is 0. The first-order valence-corrected chi connectivity index (χ1v) is 7.13. The van der Waals surface area contributed by atoms with Crippen LogP contribution in [0.2, 0.25) is 0 Å². The van der Waals surface area contributed by atoms with Crippen LogP contribution < -0.4 is 5.73 Å². The van der Waals surface area contributed by atoms with Gasteiger partial charge in [0.15, 0.2) is 0 Å². The quantitative estimate of drug-likeness (QED) is 0.920. The van der Waals surface area contributed by atoms with Crippen LogP contribution in [-0.4, -0.2) is 35.6 Å². The highest BCUT2D eigenvalue weighted by molar-refractivity contribution is 5.77. The van der Waals surface area contributed by atoms with Crippen molar-refractivity contribution in [3.05, 3.63) is 35.9 Å². The van der Waals surface area contributed by atoms with Gasteiger partial charge in [-0.05, 0) is 26.3 Å². The normalized spacial score (nSPS) is 23.4. The predicted octanol–water partition coefficient (Wildman–Crippen LogP) is 2.10. The highest BCUT2D eigenvalue weighted by atomic mass is 16.5. The predicted molar refractivity (Wildman–Crippen MR) is 79.2 cm³/mol. The summed E-state index contributed by atoms with van der Waals surface area (Å²) in [7, 11) is 0. The summed E-state index contributed by atoms with van der Waals surface area (Å²) in [5.41, 5.74) is 6.84. The van der Waals surface area contributed by atoms with E-state index in [0.29, 0.717) is 19.5 Å². The molecule has 1 amide bonds. The van der Waals surface area contributed by atoms with Crippen LogP contribution in [0.3, 0.4) is 0 Å². The van der Waals surface area contributed by atoms with E-state index in [9.17, 15) is 4.79 Å². The first kappa shape index (κ1) is 15.0. The lowest BCUT2D eigenvalue weighted by atomic mass is 10.0. The molecule has 1 aromatic carbocycles. The lowest BCUT2D eigenvalue weighted by Crippen LogP contribution is -2.54.